The molecule has 6 nitrogen and oxygen atoms in total. The van der Waals surface area contributed by atoms with Gasteiger partial charge in [0, 0.05) is 17.0 Å². The van der Waals surface area contributed by atoms with Crippen LogP contribution in [0.4, 0.5) is 5.69 Å². The Morgan fingerprint density at radius 1 is 1.30 bits per heavy atom. The minimum atomic E-state index is -0.709. The molecule has 7 heteroatoms. The van der Waals surface area contributed by atoms with Crippen LogP contribution in [0.25, 0.3) is 10.9 Å². The standard InChI is InChI=1S/C20H17ClN2O4/c1-27-15-8-7-12(21)10-14(15)22-19(25)16-18(24)13-6-2-4-11-5-3-9-23(17(11)13)20(16)26/h2,4,6-8,10,24H,3,5,9H2,1H3,(H,22,25). The molecule has 0 aliphatic carbocycles. The van der Waals surface area contributed by atoms with Crippen molar-refractivity contribution in [3.05, 3.63) is 62.9 Å². The number of ether oxygens (including phenoxy) is 1. The highest BCUT2D eigenvalue weighted by molar-refractivity contribution is 6.31. The molecule has 0 saturated carbocycles. The predicted molar refractivity (Wildman–Crippen MR) is 104 cm³/mol. The van der Waals surface area contributed by atoms with Gasteiger partial charge in [-0.05, 0) is 42.7 Å². The van der Waals surface area contributed by atoms with Crippen LogP contribution in [0.5, 0.6) is 11.5 Å². The Bertz CT molecular complexity index is 1140. The van der Waals surface area contributed by atoms with E-state index < -0.39 is 11.5 Å². The fourth-order valence-corrected chi connectivity index (χ4v) is 3.76. The van der Waals surface area contributed by atoms with Gasteiger partial charge in [0.05, 0.1) is 18.3 Å². The number of anilines is 1. The Labute approximate surface area is 160 Å². The van der Waals surface area contributed by atoms with E-state index in [0.717, 1.165) is 18.4 Å². The molecule has 1 amide bonds. The second kappa shape index (κ2) is 6.63. The van der Waals surface area contributed by atoms with Crippen LogP contribution in [0.1, 0.15) is 22.3 Å². The highest BCUT2D eigenvalue weighted by Gasteiger charge is 2.25. The number of amides is 1. The molecule has 0 unspecified atom stereocenters. The third-order valence-electron chi connectivity index (χ3n) is 4.81. The zero-order valence-electron chi connectivity index (χ0n) is 14.6. The van der Waals surface area contributed by atoms with Gasteiger partial charge in [-0.15, -0.1) is 0 Å². The molecule has 0 radical (unpaired) electrons. The average molecular weight is 385 g/mol. The summed E-state index contributed by atoms with van der Waals surface area (Å²) in [6.07, 6.45) is 1.64. The third-order valence-corrected chi connectivity index (χ3v) is 5.04. The van der Waals surface area contributed by atoms with Crippen molar-refractivity contribution in [1.82, 2.24) is 4.57 Å². The van der Waals surface area contributed by atoms with E-state index in [1.54, 1.807) is 22.8 Å². The number of benzene rings is 2. The number of carbonyl (C=O) groups is 1. The summed E-state index contributed by atoms with van der Waals surface area (Å²) in [6.45, 7) is 0.507. The zero-order chi connectivity index (χ0) is 19.1. The van der Waals surface area contributed by atoms with Crippen LogP contribution in [0.3, 0.4) is 0 Å². The summed E-state index contributed by atoms with van der Waals surface area (Å²) in [5.41, 5.74) is 1.22. The van der Waals surface area contributed by atoms with E-state index in [-0.39, 0.29) is 11.3 Å². The molecule has 27 heavy (non-hydrogen) atoms. The van der Waals surface area contributed by atoms with E-state index in [4.69, 9.17) is 16.3 Å². The molecule has 138 valence electrons. The summed E-state index contributed by atoms with van der Waals surface area (Å²) in [6, 6.07) is 10.2. The minimum Gasteiger partial charge on any atom is -0.506 e. The van der Waals surface area contributed by atoms with Gasteiger partial charge >= 0.3 is 0 Å². The number of methoxy groups -OCH3 is 1. The first-order chi connectivity index (χ1) is 13.0. The number of hydrogen-bond donors (Lipinski definition) is 2. The summed E-state index contributed by atoms with van der Waals surface area (Å²) in [7, 11) is 1.47. The van der Waals surface area contributed by atoms with E-state index in [1.165, 1.54) is 13.2 Å². The highest BCUT2D eigenvalue weighted by Crippen LogP contribution is 2.33. The monoisotopic (exact) mass is 384 g/mol. The molecular weight excluding hydrogens is 368 g/mol. The zero-order valence-corrected chi connectivity index (χ0v) is 15.3. The van der Waals surface area contributed by atoms with Gasteiger partial charge in [-0.1, -0.05) is 23.7 Å². The SMILES string of the molecule is COc1ccc(Cl)cc1NC(=O)c1c(O)c2cccc3c2n(c1=O)CCC3. The lowest BCUT2D eigenvalue weighted by Crippen LogP contribution is -2.31. The van der Waals surface area contributed by atoms with Gasteiger partial charge in [-0.25, -0.2) is 0 Å². The molecule has 1 aliphatic rings. The van der Waals surface area contributed by atoms with Crippen molar-refractivity contribution in [3.63, 3.8) is 0 Å². The molecule has 0 spiro atoms. The number of aromatic hydroxyl groups is 1. The van der Waals surface area contributed by atoms with E-state index in [2.05, 4.69) is 5.32 Å². The Hall–Kier alpha value is -2.99. The summed E-state index contributed by atoms with van der Waals surface area (Å²) in [5.74, 6) is -0.620. The van der Waals surface area contributed by atoms with Crippen molar-refractivity contribution in [2.24, 2.45) is 0 Å². The number of pyridine rings is 1. The summed E-state index contributed by atoms with van der Waals surface area (Å²) >= 11 is 5.99. The molecule has 0 saturated heterocycles. The third kappa shape index (κ3) is 2.82. The number of nitrogens with zero attached hydrogens (tertiary/aromatic N) is 1. The van der Waals surface area contributed by atoms with E-state index in [9.17, 15) is 14.7 Å². The molecule has 2 N–H and O–H groups in total. The minimum absolute atomic E-state index is 0.288. The topological polar surface area (TPSA) is 80.6 Å². The molecule has 2 heterocycles. The Morgan fingerprint density at radius 3 is 2.89 bits per heavy atom. The number of halogens is 1. The smallest absolute Gasteiger partial charge is 0.267 e. The predicted octanol–water partition coefficient (Wildman–Crippen LogP) is 3.57. The van der Waals surface area contributed by atoms with Crippen LogP contribution in [0, 0.1) is 0 Å². The molecule has 0 atom stereocenters. The summed E-state index contributed by atoms with van der Waals surface area (Å²) < 4.78 is 6.79. The van der Waals surface area contributed by atoms with Crippen molar-refractivity contribution in [1.29, 1.82) is 0 Å². The molecular formula is C20H17ClN2O4. The van der Waals surface area contributed by atoms with Crippen LogP contribution >= 0.6 is 11.6 Å². The summed E-state index contributed by atoms with van der Waals surface area (Å²) in [5, 5.41) is 14.2. The average Bonchev–Trinajstić information content (AvgIpc) is 2.66. The van der Waals surface area contributed by atoms with Crippen LogP contribution in [-0.4, -0.2) is 22.7 Å². The quantitative estimate of drug-likeness (QED) is 0.723. The van der Waals surface area contributed by atoms with Gasteiger partial charge in [-0.2, -0.15) is 0 Å². The largest absolute Gasteiger partial charge is 0.506 e. The van der Waals surface area contributed by atoms with Crippen LogP contribution < -0.4 is 15.6 Å². The number of rotatable bonds is 3. The van der Waals surface area contributed by atoms with Gasteiger partial charge in [0.2, 0.25) is 0 Å². The summed E-state index contributed by atoms with van der Waals surface area (Å²) in [4.78, 5) is 25.8. The van der Waals surface area contributed by atoms with Crippen molar-refractivity contribution < 1.29 is 14.6 Å². The number of aryl methyl sites for hydroxylation is 2. The number of hydrogen-bond acceptors (Lipinski definition) is 4. The fraction of sp³-hybridized carbons (Fsp3) is 0.200. The maximum Gasteiger partial charge on any atom is 0.267 e. The van der Waals surface area contributed by atoms with Crippen LogP contribution in [-0.2, 0) is 13.0 Å². The van der Waals surface area contributed by atoms with Crippen molar-refractivity contribution in [2.45, 2.75) is 19.4 Å². The van der Waals surface area contributed by atoms with Gasteiger partial charge in [0.15, 0.2) is 0 Å². The number of para-hydroxylation sites is 1. The van der Waals surface area contributed by atoms with Crippen LogP contribution in [0.15, 0.2) is 41.2 Å². The normalized spacial score (nSPS) is 12.8. The lowest BCUT2D eigenvalue weighted by Gasteiger charge is -2.21. The molecule has 4 rings (SSSR count). The Kier molecular flexibility index (Phi) is 4.28. The second-order valence-electron chi connectivity index (χ2n) is 6.40. The van der Waals surface area contributed by atoms with Gasteiger partial charge in [-0.3, -0.25) is 9.59 Å². The molecule has 0 bridgehead atoms. The van der Waals surface area contributed by atoms with Crippen LogP contribution in [0.2, 0.25) is 5.02 Å². The highest BCUT2D eigenvalue weighted by atomic mass is 35.5. The van der Waals surface area contributed by atoms with Crippen molar-refractivity contribution >= 4 is 34.1 Å². The maximum absolute atomic E-state index is 13.0. The molecule has 1 aromatic heterocycles. The van der Waals surface area contributed by atoms with Gasteiger partial charge < -0.3 is 19.7 Å². The number of aromatic nitrogens is 1. The second-order valence-corrected chi connectivity index (χ2v) is 6.83. The maximum atomic E-state index is 13.0. The Balaban J connectivity index is 1.87. The van der Waals surface area contributed by atoms with Gasteiger partial charge in [0.25, 0.3) is 11.5 Å². The first-order valence-electron chi connectivity index (χ1n) is 8.53. The van der Waals surface area contributed by atoms with Crippen molar-refractivity contribution in [2.75, 3.05) is 12.4 Å². The number of nitrogens with one attached hydrogen (secondary N) is 1. The van der Waals surface area contributed by atoms with Gasteiger partial charge in [0.1, 0.15) is 17.1 Å². The van der Waals surface area contributed by atoms with E-state index >= 15 is 0 Å². The lowest BCUT2D eigenvalue weighted by atomic mass is 9.99. The van der Waals surface area contributed by atoms with Crippen molar-refractivity contribution in [3.8, 4) is 11.5 Å². The fourth-order valence-electron chi connectivity index (χ4n) is 3.58. The first kappa shape index (κ1) is 17.4. The molecule has 3 aromatic rings. The Morgan fingerprint density at radius 2 is 2.11 bits per heavy atom. The van der Waals surface area contributed by atoms with E-state index in [0.29, 0.717) is 33.9 Å². The van der Waals surface area contributed by atoms with E-state index in [1.807, 2.05) is 12.1 Å². The number of carbonyl (C=O) groups excluding carboxylic acids is 1. The molecule has 0 fully saturated rings. The molecule has 1 aliphatic heterocycles. The lowest BCUT2D eigenvalue weighted by molar-refractivity contribution is 0.102. The molecule has 2 aromatic carbocycles. The first-order valence-corrected chi connectivity index (χ1v) is 8.91.